The number of halogens is 3. The lowest BCUT2D eigenvalue weighted by atomic mass is 9.99. The highest BCUT2D eigenvalue weighted by molar-refractivity contribution is 5.78. The molecule has 3 aromatic rings. The number of aryl methyl sites for hydroxylation is 1. The number of amides is 1. The molecule has 0 aliphatic carbocycles. The molecule has 1 fully saturated rings. The zero-order chi connectivity index (χ0) is 27.3. The van der Waals surface area contributed by atoms with Crippen LogP contribution in [0.1, 0.15) is 17.8 Å². The maximum atomic E-state index is 12.7. The highest BCUT2D eigenvalue weighted by atomic mass is 19.4. The number of ether oxygens (including phenoxy) is 2. The number of rotatable bonds is 9. The largest absolute Gasteiger partial charge is 0.454 e. The van der Waals surface area contributed by atoms with Crippen LogP contribution in [-0.4, -0.2) is 45.7 Å². The van der Waals surface area contributed by atoms with Crippen molar-refractivity contribution in [1.29, 1.82) is 0 Å². The molecule has 0 bridgehead atoms. The molecule has 200 valence electrons. The van der Waals surface area contributed by atoms with Crippen molar-refractivity contribution in [2.24, 2.45) is 7.05 Å². The fraction of sp³-hybridized carbons (Fsp3) is 0.308. The maximum absolute atomic E-state index is 12.7. The number of alkyl halides is 3. The van der Waals surface area contributed by atoms with E-state index in [0.29, 0.717) is 30.8 Å². The molecule has 3 heterocycles. The number of benzene rings is 1. The summed E-state index contributed by atoms with van der Waals surface area (Å²) in [4.78, 5) is 32.9. The highest BCUT2D eigenvalue weighted by Gasteiger charge is 2.37. The Hall–Kier alpha value is -4.19. The molecular formula is C26H26F3N5O4. The van der Waals surface area contributed by atoms with Gasteiger partial charge in [0.25, 0.3) is 5.56 Å². The van der Waals surface area contributed by atoms with Crippen molar-refractivity contribution in [2.45, 2.75) is 24.7 Å². The summed E-state index contributed by atoms with van der Waals surface area (Å²) >= 11 is 0. The number of hydrogen-bond acceptors (Lipinski definition) is 7. The SMILES string of the molecule is C=CC1(NC(=O)COCc2ccn(C)c(=O)c2)CCN(c2cccc(Oc3cnc(C(F)(F)F)nc3)c2)C1. The first-order valence-electron chi connectivity index (χ1n) is 11.7. The third-order valence-electron chi connectivity index (χ3n) is 6.05. The van der Waals surface area contributed by atoms with Crippen molar-refractivity contribution in [3.8, 4) is 11.5 Å². The molecule has 1 aliphatic rings. The van der Waals surface area contributed by atoms with Crippen LogP contribution in [0, 0.1) is 0 Å². The predicted molar refractivity (Wildman–Crippen MR) is 133 cm³/mol. The summed E-state index contributed by atoms with van der Waals surface area (Å²) in [7, 11) is 1.65. The summed E-state index contributed by atoms with van der Waals surface area (Å²) in [6.07, 6.45) is 1.25. The van der Waals surface area contributed by atoms with E-state index in [4.69, 9.17) is 9.47 Å². The Bertz CT molecular complexity index is 1360. The lowest BCUT2D eigenvalue weighted by Crippen LogP contribution is -2.50. The number of aromatic nitrogens is 3. The Balaban J connectivity index is 1.33. The van der Waals surface area contributed by atoms with Crippen LogP contribution in [0.5, 0.6) is 11.5 Å². The van der Waals surface area contributed by atoms with Crippen molar-refractivity contribution in [3.05, 3.63) is 89.4 Å². The van der Waals surface area contributed by atoms with Gasteiger partial charge in [0.2, 0.25) is 11.7 Å². The summed E-state index contributed by atoms with van der Waals surface area (Å²) < 4.78 is 50.6. The number of nitrogens with zero attached hydrogens (tertiary/aromatic N) is 4. The Morgan fingerprint density at radius 3 is 2.66 bits per heavy atom. The molecule has 9 nitrogen and oxygen atoms in total. The molecule has 1 unspecified atom stereocenters. The van der Waals surface area contributed by atoms with E-state index in [-0.39, 0.29) is 30.4 Å². The second-order valence-corrected chi connectivity index (χ2v) is 8.90. The zero-order valence-corrected chi connectivity index (χ0v) is 20.6. The fourth-order valence-corrected chi connectivity index (χ4v) is 4.02. The van der Waals surface area contributed by atoms with Gasteiger partial charge in [0.1, 0.15) is 12.4 Å². The summed E-state index contributed by atoms with van der Waals surface area (Å²) in [6, 6.07) is 10.2. The van der Waals surface area contributed by atoms with Gasteiger partial charge in [-0.05, 0) is 30.2 Å². The van der Waals surface area contributed by atoms with Gasteiger partial charge in [-0.1, -0.05) is 12.1 Å². The van der Waals surface area contributed by atoms with E-state index in [9.17, 15) is 22.8 Å². The van der Waals surface area contributed by atoms with Gasteiger partial charge in [-0.3, -0.25) is 9.59 Å². The lowest BCUT2D eigenvalue weighted by Gasteiger charge is -2.28. The van der Waals surface area contributed by atoms with Crippen LogP contribution >= 0.6 is 0 Å². The van der Waals surface area contributed by atoms with Crippen LogP contribution in [0.25, 0.3) is 0 Å². The number of anilines is 1. The first kappa shape index (κ1) is 26.9. The minimum Gasteiger partial charge on any atom is -0.454 e. The molecule has 1 atom stereocenters. The minimum atomic E-state index is -4.63. The van der Waals surface area contributed by atoms with Crippen LogP contribution in [0.15, 0.2) is 72.4 Å². The second kappa shape index (κ2) is 11.1. The van der Waals surface area contributed by atoms with Crippen LogP contribution in [0.4, 0.5) is 18.9 Å². The Morgan fingerprint density at radius 1 is 1.21 bits per heavy atom. The molecule has 1 saturated heterocycles. The molecule has 2 aromatic heterocycles. The number of carbonyl (C=O) groups is 1. The molecule has 1 aromatic carbocycles. The normalized spacial score (nSPS) is 17.3. The van der Waals surface area contributed by atoms with Crippen LogP contribution in [0.2, 0.25) is 0 Å². The van der Waals surface area contributed by atoms with E-state index in [0.717, 1.165) is 18.1 Å². The van der Waals surface area contributed by atoms with Gasteiger partial charge >= 0.3 is 6.18 Å². The van der Waals surface area contributed by atoms with Gasteiger partial charge in [-0.15, -0.1) is 6.58 Å². The second-order valence-electron chi connectivity index (χ2n) is 8.90. The molecule has 38 heavy (non-hydrogen) atoms. The first-order chi connectivity index (χ1) is 18.1. The van der Waals surface area contributed by atoms with Crippen molar-refractivity contribution < 1.29 is 27.4 Å². The Morgan fingerprint density at radius 2 is 1.97 bits per heavy atom. The quantitative estimate of drug-likeness (QED) is 0.424. The molecule has 1 N–H and O–H groups in total. The smallest absolute Gasteiger partial charge is 0.451 e. The van der Waals surface area contributed by atoms with Crippen molar-refractivity contribution in [1.82, 2.24) is 19.9 Å². The molecule has 4 rings (SSSR count). The van der Waals surface area contributed by atoms with Crippen LogP contribution in [-0.2, 0) is 29.4 Å². The number of pyridine rings is 1. The van der Waals surface area contributed by atoms with E-state index in [1.807, 2.05) is 11.0 Å². The Kier molecular flexibility index (Phi) is 7.81. The topological polar surface area (TPSA) is 98.6 Å². The van der Waals surface area contributed by atoms with Crippen molar-refractivity contribution in [3.63, 3.8) is 0 Å². The van der Waals surface area contributed by atoms with Gasteiger partial charge < -0.3 is 24.3 Å². The summed E-state index contributed by atoms with van der Waals surface area (Å²) in [5.74, 6) is -1.08. The van der Waals surface area contributed by atoms with E-state index < -0.39 is 17.5 Å². The molecule has 1 aliphatic heterocycles. The average molecular weight is 530 g/mol. The average Bonchev–Trinajstić information content (AvgIpc) is 3.30. The Labute approximate surface area is 216 Å². The number of carbonyl (C=O) groups excluding carboxylic acids is 1. The van der Waals surface area contributed by atoms with Crippen LogP contribution in [0.3, 0.4) is 0 Å². The van der Waals surface area contributed by atoms with Gasteiger partial charge in [0.05, 0.1) is 24.5 Å². The number of hydrogen-bond donors (Lipinski definition) is 1. The zero-order valence-electron chi connectivity index (χ0n) is 20.6. The third kappa shape index (κ3) is 6.57. The maximum Gasteiger partial charge on any atom is 0.451 e. The highest BCUT2D eigenvalue weighted by Crippen LogP contribution is 2.32. The fourth-order valence-electron chi connectivity index (χ4n) is 4.02. The van der Waals surface area contributed by atoms with Gasteiger partial charge in [0.15, 0.2) is 5.75 Å². The molecule has 0 spiro atoms. The minimum absolute atomic E-state index is 0.0696. The van der Waals surface area contributed by atoms with Crippen LogP contribution < -0.4 is 20.5 Å². The van der Waals surface area contributed by atoms with Gasteiger partial charge in [-0.25, -0.2) is 9.97 Å². The standard InChI is InChI=1S/C26H26F3N5O4/c1-3-25(32-22(35)16-37-15-18-7-9-33(2)23(36)11-18)8-10-34(17-25)19-5-4-6-20(12-19)38-21-13-30-24(31-14-21)26(27,28)29/h3-7,9,11-14H,1,8,10,15-17H2,2H3,(H,32,35). The van der Waals surface area contributed by atoms with Gasteiger partial charge in [-0.2, -0.15) is 13.2 Å². The molecule has 1 amide bonds. The summed E-state index contributed by atoms with van der Waals surface area (Å²) in [5.41, 5.74) is 0.641. The lowest BCUT2D eigenvalue weighted by molar-refractivity contribution is -0.145. The predicted octanol–water partition coefficient (Wildman–Crippen LogP) is 3.45. The third-order valence-corrected chi connectivity index (χ3v) is 6.05. The van der Waals surface area contributed by atoms with E-state index in [1.165, 1.54) is 10.6 Å². The molecule has 0 saturated carbocycles. The van der Waals surface area contributed by atoms with E-state index in [1.54, 1.807) is 43.6 Å². The molecular weight excluding hydrogens is 503 g/mol. The summed E-state index contributed by atoms with van der Waals surface area (Å²) in [5, 5.41) is 2.99. The number of nitrogens with one attached hydrogen (secondary N) is 1. The monoisotopic (exact) mass is 529 g/mol. The van der Waals surface area contributed by atoms with E-state index >= 15 is 0 Å². The van der Waals surface area contributed by atoms with Crippen molar-refractivity contribution >= 4 is 11.6 Å². The molecule has 0 radical (unpaired) electrons. The molecule has 12 heteroatoms. The van der Waals surface area contributed by atoms with Gasteiger partial charge in [0, 0.05) is 44.2 Å². The summed E-state index contributed by atoms with van der Waals surface area (Å²) in [6.45, 7) is 4.92. The van der Waals surface area contributed by atoms with Crippen molar-refractivity contribution in [2.75, 3.05) is 24.6 Å². The van der Waals surface area contributed by atoms with E-state index in [2.05, 4.69) is 21.9 Å². The first-order valence-corrected chi connectivity index (χ1v) is 11.7.